The van der Waals surface area contributed by atoms with Crippen LogP contribution in [0.3, 0.4) is 0 Å². The molecule has 2 aliphatic rings. The Morgan fingerprint density at radius 3 is 2.50 bits per heavy atom. The second kappa shape index (κ2) is 2.42. The van der Waals surface area contributed by atoms with Gasteiger partial charge in [0, 0.05) is 6.04 Å². The Hall–Kier alpha value is -0.160. The molecule has 12 heavy (non-hydrogen) atoms. The summed E-state index contributed by atoms with van der Waals surface area (Å²) in [4.78, 5) is 0. The lowest BCUT2D eigenvalue weighted by Crippen LogP contribution is -2.35. The van der Waals surface area contributed by atoms with E-state index < -0.39 is 11.9 Å². The summed E-state index contributed by atoms with van der Waals surface area (Å²) in [6.45, 7) is 3.68. The predicted molar refractivity (Wildman–Crippen MR) is 42.4 cm³/mol. The van der Waals surface area contributed by atoms with Crippen LogP contribution in [0.1, 0.15) is 20.3 Å². The van der Waals surface area contributed by atoms with Gasteiger partial charge >= 0.3 is 0 Å². The summed E-state index contributed by atoms with van der Waals surface area (Å²) in [6, 6.07) is -0.0909. The van der Waals surface area contributed by atoms with Crippen molar-refractivity contribution in [2.24, 2.45) is 5.73 Å². The van der Waals surface area contributed by atoms with Crippen LogP contribution >= 0.6 is 0 Å². The van der Waals surface area contributed by atoms with Crippen LogP contribution in [0.2, 0.25) is 0 Å². The number of nitrogens with two attached hydrogens (primary N) is 1. The van der Waals surface area contributed by atoms with Gasteiger partial charge in [-0.05, 0) is 20.3 Å². The van der Waals surface area contributed by atoms with E-state index in [1.165, 1.54) is 0 Å². The van der Waals surface area contributed by atoms with Gasteiger partial charge in [-0.3, -0.25) is 0 Å². The van der Waals surface area contributed by atoms with Crippen LogP contribution in [-0.2, 0) is 9.47 Å². The van der Waals surface area contributed by atoms with Crippen LogP contribution in [0.5, 0.6) is 0 Å². The third-order valence-corrected chi connectivity index (χ3v) is 2.48. The van der Waals surface area contributed by atoms with Crippen LogP contribution in [-0.4, -0.2) is 35.2 Å². The molecule has 0 aromatic carbocycles. The monoisotopic (exact) mass is 173 g/mol. The number of rotatable bonds is 0. The Kier molecular flexibility index (Phi) is 1.70. The van der Waals surface area contributed by atoms with Gasteiger partial charge in [0.25, 0.3) is 0 Å². The lowest BCUT2D eigenvalue weighted by molar-refractivity contribution is -0.163. The van der Waals surface area contributed by atoms with Gasteiger partial charge in [0.1, 0.15) is 12.2 Å². The third kappa shape index (κ3) is 1.15. The zero-order valence-electron chi connectivity index (χ0n) is 7.36. The molecule has 0 amide bonds. The molecule has 2 fully saturated rings. The Bertz CT molecular complexity index is 177. The van der Waals surface area contributed by atoms with Crippen molar-refractivity contribution >= 4 is 0 Å². The van der Waals surface area contributed by atoms with Crippen LogP contribution in [0.25, 0.3) is 0 Å². The van der Waals surface area contributed by atoms with E-state index in [2.05, 4.69) is 0 Å². The number of aliphatic hydroxyl groups is 1. The minimum Gasteiger partial charge on any atom is -0.390 e. The van der Waals surface area contributed by atoms with Crippen molar-refractivity contribution < 1.29 is 14.6 Å². The van der Waals surface area contributed by atoms with E-state index in [9.17, 15) is 5.11 Å². The number of fused-ring (bicyclic) bond motifs is 1. The van der Waals surface area contributed by atoms with Crippen LogP contribution in [0, 0.1) is 0 Å². The van der Waals surface area contributed by atoms with Crippen molar-refractivity contribution in [2.45, 2.75) is 50.4 Å². The maximum atomic E-state index is 9.52. The van der Waals surface area contributed by atoms with E-state index in [0.717, 1.165) is 0 Å². The van der Waals surface area contributed by atoms with E-state index in [1.807, 2.05) is 13.8 Å². The zero-order valence-corrected chi connectivity index (χ0v) is 7.36. The molecule has 0 aromatic heterocycles. The summed E-state index contributed by atoms with van der Waals surface area (Å²) in [6.07, 6.45) is -0.248. The lowest BCUT2D eigenvalue weighted by Gasteiger charge is -2.20. The molecular formula is C8H15NO3. The van der Waals surface area contributed by atoms with Crippen LogP contribution in [0.15, 0.2) is 0 Å². The van der Waals surface area contributed by atoms with Crippen molar-refractivity contribution in [1.29, 1.82) is 0 Å². The molecule has 1 saturated carbocycles. The molecule has 2 rings (SSSR count). The van der Waals surface area contributed by atoms with Gasteiger partial charge in [-0.25, -0.2) is 0 Å². The molecule has 4 nitrogen and oxygen atoms in total. The average Bonchev–Trinajstić information content (AvgIpc) is 2.34. The lowest BCUT2D eigenvalue weighted by atomic mass is 10.2. The summed E-state index contributed by atoms with van der Waals surface area (Å²) < 4.78 is 11.1. The maximum Gasteiger partial charge on any atom is 0.163 e. The summed E-state index contributed by atoms with van der Waals surface area (Å²) >= 11 is 0. The Morgan fingerprint density at radius 2 is 1.92 bits per heavy atom. The van der Waals surface area contributed by atoms with E-state index in [1.54, 1.807) is 0 Å². The highest BCUT2D eigenvalue weighted by Gasteiger charge is 2.52. The van der Waals surface area contributed by atoms with Gasteiger partial charge in [0.2, 0.25) is 0 Å². The summed E-state index contributed by atoms with van der Waals surface area (Å²) in [5, 5.41) is 9.52. The molecule has 1 aliphatic carbocycles. The Morgan fingerprint density at radius 1 is 1.33 bits per heavy atom. The molecule has 1 aliphatic heterocycles. The first-order valence-electron chi connectivity index (χ1n) is 4.29. The molecule has 4 heteroatoms. The highest BCUT2D eigenvalue weighted by Crippen LogP contribution is 2.37. The molecular weight excluding hydrogens is 158 g/mol. The topological polar surface area (TPSA) is 64.7 Å². The number of hydrogen-bond acceptors (Lipinski definition) is 4. The largest absolute Gasteiger partial charge is 0.390 e. The van der Waals surface area contributed by atoms with E-state index >= 15 is 0 Å². The van der Waals surface area contributed by atoms with Gasteiger partial charge in [-0.1, -0.05) is 0 Å². The number of aliphatic hydroxyl groups excluding tert-OH is 1. The summed E-state index contributed by atoms with van der Waals surface area (Å²) in [5.41, 5.74) is 5.77. The van der Waals surface area contributed by atoms with Crippen molar-refractivity contribution in [2.75, 3.05) is 0 Å². The quantitative estimate of drug-likeness (QED) is 0.523. The summed E-state index contributed by atoms with van der Waals surface area (Å²) in [7, 11) is 0. The highest BCUT2D eigenvalue weighted by molar-refractivity contribution is 5.00. The molecule has 1 saturated heterocycles. The average molecular weight is 173 g/mol. The first-order chi connectivity index (χ1) is 5.49. The molecule has 4 atom stereocenters. The van der Waals surface area contributed by atoms with Gasteiger partial charge in [-0.15, -0.1) is 0 Å². The number of ether oxygens (including phenoxy) is 2. The molecule has 0 radical (unpaired) electrons. The highest BCUT2D eigenvalue weighted by atomic mass is 16.8. The minimum absolute atomic E-state index is 0.0909. The first-order valence-corrected chi connectivity index (χ1v) is 4.29. The van der Waals surface area contributed by atoms with Crippen molar-refractivity contribution in [1.82, 2.24) is 0 Å². The minimum atomic E-state index is -0.589. The fraction of sp³-hybridized carbons (Fsp3) is 1.00. The van der Waals surface area contributed by atoms with E-state index in [-0.39, 0.29) is 18.2 Å². The van der Waals surface area contributed by atoms with Crippen molar-refractivity contribution in [3.63, 3.8) is 0 Å². The second-order valence-electron chi connectivity index (χ2n) is 4.03. The summed E-state index contributed by atoms with van der Waals surface area (Å²) in [5.74, 6) is -0.589. The second-order valence-corrected chi connectivity index (χ2v) is 4.03. The normalized spacial score (nSPS) is 51.0. The van der Waals surface area contributed by atoms with E-state index in [4.69, 9.17) is 15.2 Å². The molecule has 0 bridgehead atoms. The number of hydrogen-bond donors (Lipinski definition) is 2. The molecule has 0 spiro atoms. The molecule has 3 unspecified atom stereocenters. The maximum absolute atomic E-state index is 9.52. The molecule has 3 N–H and O–H groups in total. The van der Waals surface area contributed by atoms with E-state index in [0.29, 0.717) is 6.42 Å². The SMILES string of the molecule is CC1(C)OC2C(O)CC(N)[C@@H]2O1. The van der Waals surface area contributed by atoms with Gasteiger partial charge in [0.15, 0.2) is 5.79 Å². The zero-order chi connectivity index (χ0) is 8.93. The molecule has 1 heterocycles. The van der Waals surface area contributed by atoms with Crippen LogP contribution in [0.4, 0.5) is 0 Å². The fourth-order valence-corrected chi connectivity index (χ4v) is 1.99. The predicted octanol–water partition coefficient (Wildman–Crippen LogP) is -0.402. The smallest absolute Gasteiger partial charge is 0.163 e. The van der Waals surface area contributed by atoms with Crippen LogP contribution < -0.4 is 5.73 Å². The molecule has 0 aromatic rings. The van der Waals surface area contributed by atoms with Gasteiger partial charge in [0.05, 0.1) is 6.10 Å². The Labute approximate surface area is 71.6 Å². The third-order valence-electron chi connectivity index (χ3n) is 2.48. The standard InChI is InChI=1S/C8H15NO3/c1-8(2)11-6-4(9)3-5(10)7(6)12-8/h4-7,10H,3,9H2,1-2H3/t4?,5?,6-,7?/m0/s1. The Balaban J connectivity index is 2.15. The van der Waals surface area contributed by atoms with Gasteiger partial charge in [-0.2, -0.15) is 0 Å². The van der Waals surface area contributed by atoms with Crippen molar-refractivity contribution in [3.05, 3.63) is 0 Å². The first kappa shape index (κ1) is 8.44. The van der Waals surface area contributed by atoms with Gasteiger partial charge < -0.3 is 20.3 Å². The molecule has 70 valence electrons. The fourth-order valence-electron chi connectivity index (χ4n) is 1.99. The van der Waals surface area contributed by atoms with Crippen molar-refractivity contribution in [3.8, 4) is 0 Å².